The van der Waals surface area contributed by atoms with E-state index < -0.39 is 6.09 Å². The van der Waals surface area contributed by atoms with Crippen LogP contribution in [0.5, 0.6) is 0 Å². The van der Waals surface area contributed by atoms with Gasteiger partial charge >= 0.3 is 29.6 Å². The van der Waals surface area contributed by atoms with E-state index in [0.717, 1.165) is 0 Å². The molecule has 0 radical (unpaired) electrons. The summed E-state index contributed by atoms with van der Waals surface area (Å²) in [4.78, 5) is 10.1. The van der Waals surface area contributed by atoms with E-state index in [9.17, 15) is 9.90 Å². The second-order valence-electron chi connectivity index (χ2n) is 2.04. The smallest absolute Gasteiger partial charge is 0.530 e. The molecular formula is C7H4Cl2NNaO2. The maximum atomic E-state index is 10.1. The van der Waals surface area contributed by atoms with Gasteiger partial charge in [-0.05, 0) is 18.2 Å². The first-order valence-corrected chi connectivity index (χ1v) is 3.78. The first kappa shape index (κ1) is 13.1. The molecule has 0 heterocycles. The minimum absolute atomic E-state index is 0. The van der Waals surface area contributed by atoms with Crippen LogP contribution in [-0.2, 0) is 0 Å². The molecule has 13 heavy (non-hydrogen) atoms. The van der Waals surface area contributed by atoms with Crippen molar-refractivity contribution in [3.8, 4) is 0 Å². The van der Waals surface area contributed by atoms with Gasteiger partial charge < -0.3 is 15.2 Å². The zero-order chi connectivity index (χ0) is 9.14. The van der Waals surface area contributed by atoms with E-state index in [0.29, 0.717) is 15.7 Å². The molecular weight excluding hydrogens is 224 g/mol. The Morgan fingerprint density at radius 2 is 1.92 bits per heavy atom. The molecule has 6 heteroatoms. The van der Waals surface area contributed by atoms with E-state index in [2.05, 4.69) is 0 Å². The van der Waals surface area contributed by atoms with Crippen molar-refractivity contribution in [3.05, 3.63) is 28.2 Å². The molecule has 0 unspecified atom stereocenters. The monoisotopic (exact) mass is 227 g/mol. The van der Waals surface area contributed by atoms with Gasteiger partial charge in [-0.15, -0.1) is 0 Å². The summed E-state index contributed by atoms with van der Waals surface area (Å²) >= 11 is 11.2. The minimum Gasteiger partial charge on any atom is -0.530 e. The van der Waals surface area contributed by atoms with Crippen molar-refractivity contribution < 1.29 is 39.5 Å². The molecule has 0 aliphatic carbocycles. The molecule has 0 saturated carbocycles. The molecule has 1 rings (SSSR count). The molecule has 0 fully saturated rings. The van der Waals surface area contributed by atoms with Crippen molar-refractivity contribution in [2.24, 2.45) is 0 Å². The molecule has 0 aromatic heterocycles. The number of carbonyl (C=O) groups excluding carboxylic acids is 1. The second-order valence-corrected chi connectivity index (χ2v) is 2.86. The number of benzene rings is 1. The topological polar surface area (TPSA) is 52.2 Å². The van der Waals surface area contributed by atoms with E-state index in [1.54, 1.807) is 0 Å². The normalized spacial score (nSPS) is 8.77. The first-order valence-electron chi connectivity index (χ1n) is 3.02. The second kappa shape index (κ2) is 5.73. The molecule has 64 valence electrons. The van der Waals surface area contributed by atoms with Crippen LogP contribution in [0.25, 0.3) is 0 Å². The van der Waals surface area contributed by atoms with Gasteiger partial charge in [-0.3, -0.25) is 0 Å². The van der Waals surface area contributed by atoms with E-state index >= 15 is 0 Å². The summed E-state index contributed by atoms with van der Waals surface area (Å²) in [5.41, 5.74) is 0.337. The van der Waals surface area contributed by atoms with Gasteiger partial charge in [-0.25, -0.2) is 0 Å². The van der Waals surface area contributed by atoms with Gasteiger partial charge in [0.05, 0.1) is 10.0 Å². The average molecular weight is 228 g/mol. The number of carbonyl (C=O) groups is 1. The zero-order valence-corrected chi connectivity index (χ0v) is 10.3. The molecule has 1 N–H and O–H groups in total. The van der Waals surface area contributed by atoms with Crippen molar-refractivity contribution in [1.29, 1.82) is 0 Å². The number of anilines is 1. The standard InChI is InChI=1S/C7H5Cl2NO2.Na/c8-5-2-1-4(3-6(5)9)10-7(11)12;/h1-3,10H,(H,11,12);/q;+1/p-1. The van der Waals surface area contributed by atoms with Crippen molar-refractivity contribution in [2.75, 3.05) is 5.32 Å². The number of nitrogens with one attached hydrogen (secondary N) is 1. The Balaban J connectivity index is 0.00000144. The number of rotatable bonds is 1. The largest absolute Gasteiger partial charge is 1.00 e. The van der Waals surface area contributed by atoms with Crippen LogP contribution in [0.4, 0.5) is 10.5 Å². The fraction of sp³-hybridized carbons (Fsp3) is 0. The number of hydrogen-bond acceptors (Lipinski definition) is 2. The number of halogens is 2. The molecule has 1 aromatic rings. The Morgan fingerprint density at radius 3 is 2.38 bits per heavy atom. The van der Waals surface area contributed by atoms with Gasteiger partial charge in [0.2, 0.25) is 0 Å². The average Bonchev–Trinajstić information content (AvgIpc) is 1.96. The third kappa shape index (κ3) is 4.20. The molecule has 0 atom stereocenters. The summed E-state index contributed by atoms with van der Waals surface area (Å²) in [6.07, 6.45) is -1.38. The van der Waals surface area contributed by atoms with Crippen LogP contribution in [0.15, 0.2) is 18.2 Å². The Morgan fingerprint density at radius 1 is 1.31 bits per heavy atom. The SMILES string of the molecule is O=C([O-])Nc1ccc(Cl)c(Cl)c1.[Na+]. The van der Waals surface area contributed by atoms with Crippen LogP contribution >= 0.6 is 23.2 Å². The van der Waals surface area contributed by atoms with E-state index in [4.69, 9.17) is 23.2 Å². The Bertz CT molecular complexity index is 319. The molecule has 0 spiro atoms. The van der Waals surface area contributed by atoms with Crippen LogP contribution in [0.1, 0.15) is 0 Å². The van der Waals surface area contributed by atoms with Gasteiger partial charge in [0, 0.05) is 5.69 Å². The van der Waals surface area contributed by atoms with E-state index in [1.165, 1.54) is 18.2 Å². The van der Waals surface area contributed by atoms with E-state index in [1.807, 2.05) is 5.32 Å². The van der Waals surface area contributed by atoms with Crippen LogP contribution in [0.3, 0.4) is 0 Å². The zero-order valence-electron chi connectivity index (χ0n) is 6.80. The molecule has 0 bridgehead atoms. The summed E-state index contributed by atoms with van der Waals surface area (Å²) in [6.45, 7) is 0. The predicted octanol–water partition coefficient (Wildman–Crippen LogP) is -1.25. The molecule has 3 nitrogen and oxygen atoms in total. The first-order chi connectivity index (χ1) is 5.59. The number of carboxylic acid groups (broad SMARTS) is 1. The summed E-state index contributed by atoms with van der Waals surface area (Å²) < 4.78 is 0. The van der Waals surface area contributed by atoms with Gasteiger partial charge in [0.15, 0.2) is 0 Å². The van der Waals surface area contributed by atoms with Crippen LogP contribution < -0.4 is 40.0 Å². The predicted molar refractivity (Wildman–Crippen MR) is 45.5 cm³/mol. The summed E-state index contributed by atoms with van der Waals surface area (Å²) in [7, 11) is 0. The molecule has 0 aliphatic heterocycles. The Kier molecular flexibility index (Phi) is 5.76. The van der Waals surface area contributed by atoms with Crippen LogP contribution in [-0.4, -0.2) is 6.09 Å². The fourth-order valence-corrected chi connectivity index (χ4v) is 0.990. The third-order valence-electron chi connectivity index (χ3n) is 1.17. The van der Waals surface area contributed by atoms with Crippen molar-refractivity contribution in [2.45, 2.75) is 0 Å². The number of hydrogen-bond donors (Lipinski definition) is 1. The van der Waals surface area contributed by atoms with Crippen molar-refractivity contribution in [1.82, 2.24) is 0 Å². The molecule has 0 saturated heterocycles. The molecule has 0 aliphatic rings. The number of amides is 1. The Hall–Kier alpha value is 0.0700. The fourth-order valence-electron chi connectivity index (χ4n) is 0.692. The minimum atomic E-state index is -1.38. The van der Waals surface area contributed by atoms with Crippen LogP contribution in [0, 0.1) is 0 Å². The van der Waals surface area contributed by atoms with Crippen LogP contribution in [0.2, 0.25) is 10.0 Å². The van der Waals surface area contributed by atoms with Crippen molar-refractivity contribution in [3.63, 3.8) is 0 Å². The molecule has 1 aromatic carbocycles. The van der Waals surface area contributed by atoms with Crippen molar-refractivity contribution >= 4 is 35.0 Å². The quantitative estimate of drug-likeness (QED) is 0.611. The van der Waals surface area contributed by atoms with Gasteiger partial charge in [0.1, 0.15) is 6.09 Å². The van der Waals surface area contributed by atoms with E-state index in [-0.39, 0.29) is 29.6 Å². The summed E-state index contributed by atoms with van der Waals surface area (Å²) in [6, 6.07) is 4.39. The van der Waals surface area contributed by atoms with Gasteiger partial charge in [0.25, 0.3) is 0 Å². The Labute approximate surface area is 107 Å². The van der Waals surface area contributed by atoms with Gasteiger partial charge in [-0.1, -0.05) is 23.2 Å². The van der Waals surface area contributed by atoms with Gasteiger partial charge in [-0.2, -0.15) is 0 Å². The maximum Gasteiger partial charge on any atom is 1.00 e. The molecule has 1 amide bonds. The maximum absolute atomic E-state index is 10.1. The summed E-state index contributed by atoms with van der Waals surface area (Å²) in [5.74, 6) is 0. The third-order valence-corrected chi connectivity index (χ3v) is 1.91. The summed E-state index contributed by atoms with van der Waals surface area (Å²) in [5, 5.41) is 12.8.